The van der Waals surface area contributed by atoms with Gasteiger partial charge < -0.3 is 14.5 Å². The molecule has 0 saturated heterocycles. The molecule has 7 heteroatoms. The normalized spacial score (nSPS) is 11.3. The van der Waals surface area contributed by atoms with Gasteiger partial charge in [0.2, 0.25) is 5.91 Å². The average Bonchev–Trinajstić information content (AvgIpc) is 3.15. The molecule has 0 radical (unpaired) electrons. The highest BCUT2D eigenvalue weighted by Crippen LogP contribution is 2.37. The van der Waals surface area contributed by atoms with Crippen LogP contribution in [0.1, 0.15) is 17.7 Å². The van der Waals surface area contributed by atoms with Crippen molar-refractivity contribution in [3.63, 3.8) is 0 Å². The number of carbonyl (C=O) groups is 1. The van der Waals surface area contributed by atoms with Crippen LogP contribution in [-0.2, 0) is 17.4 Å². The van der Waals surface area contributed by atoms with Crippen LogP contribution in [-0.4, -0.2) is 13.0 Å². The van der Waals surface area contributed by atoms with Gasteiger partial charge in [-0.25, -0.2) is 0 Å². The second kappa shape index (κ2) is 8.21. The molecule has 1 N–H and O–H groups in total. The summed E-state index contributed by atoms with van der Waals surface area (Å²) < 4.78 is 50.0. The van der Waals surface area contributed by atoms with Crippen molar-refractivity contribution < 1.29 is 27.1 Å². The Kier molecular flexibility index (Phi) is 5.73. The Bertz CT molecular complexity index is 946. The summed E-state index contributed by atoms with van der Waals surface area (Å²) in [6.45, 7) is 0. The SMILES string of the molecule is COc1ccc(NC(=O)CCc2ccc(-c3ccccc3C(F)(F)F)o2)cc1. The summed E-state index contributed by atoms with van der Waals surface area (Å²) in [5.74, 6) is 1.02. The molecule has 0 spiro atoms. The summed E-state index contributed by atoms with van der Waals surface area (Å²) >= 11 is 0. The Morgan fingerprint density at radius 3 is 2.43 bits per heavy atom. The van der Waals surface area contributed by atoms with Gasteiger partial charge in [-0.3, -0.25) is 4.79 Å². The lowest BCUT2D eigenvalue weighted by Gasteiger charge is -2.10. The number of hydrogen-bond donors (Lipinski definition) is 1. The van der Waals surface area contributed by atoms with Crippen molar-refractivity contribution in [2.24, 2.45) is 0 Å². The van der Waals surface area contributed by atoms with Gasteiger partial charge in [0, 0.05) is 24.1 Å². The number of rotatable bonds is 6. The van der Waals surface area contributed by atoms with Gasteiger partial charge in [-0.15, -0.1) is 0 Å². The van der Waals surface area contributed by atoms with Gasteiger partial charge in [-0.05, 0) is 42.5 Å². The van der Waals surface area contributed by atoms with Crippen LogP contribution >= 0.6 is 0 Å². The van der Waals surface area contributed by atoms with Crippen molar-refractivity contribution in [2.45, 2.75) is 19.0 Å². The Labute approximate surface area is 159 Å². The van der Waals surface area contributed by atoms with E-state index >= 15 is 0 Å². The third-order valence-electron chi connectivity index (χ3n) is 4.13. The van der Waals surface area contributed by atoms with E-state index in [0.29, 0.717) is 17.2 Å². The summed E-state index contributed by atoms with van der Waals surface area (Å²) in [5.41, 5.74) is -0.151. The second-order valence-electron chi connectivity index (χ2n) is 6.09. The Balaban J connectivity index is 1.63. The zero-order valence-corrected chi connectivity index (χ0v) is 15.0. The quantitative estimate of drug-likeness (QED) is 0.602. The van der Waals surface area contributed by atoms with E-state index in [9.17, 15) is 18.0 Å². The first kappa shape index (κ1) is 19.5. The number of hydrogen-bond acceptors (Lipinski definition) is 3. The van der Waals surface area contributed by atoms with Crippen molar-refractivity contribution in [3.8, 4) is 17.1 Å². The molecule has 28 heavy (non-hydrogen) atoms. The van der Waals surface area contributed by atoms with Gasteiger partial charge in [-0.2, -0.15) is 13.2 Å². The van der Waals surface area contributed by atoms with E-state index in [2.05, 4.69) is 5.32 Å². The Hall–Kier alpha value is -3.22. The second-order valence-corrected chi connectivity index (χ2v) is 6.09. The molecule has 146 valence electrons. The molecule has 1 amide bonds. The molecule has 3 rings (SSSR count). The van der Waals surface area contributed by atoms with Gasteiger partial charge >= 0.3 is 6.18 Å². The van der Waals surface area contributed by atoms with E-state index in [4.69, 9.17) is 9.15 Å². The third kappa shape index (κ3) is 4.73. The predicted molar refractivity (Wildman–Crippen MR) is 99.1 cm³/mol. The Morgan fingerprint density at radius 1 is 1.04 bits per heavy atom. The number of alkyl halides is 3. The van der Waals surface area contributed by atoms with Crippen LogP contribution in [0, 0.1) is 0 Å². The monoisotopic (exact) mass is 389 g/mol. The van der Waals surface area contributed by atoms with Crippen molar-refractivity contribution in [3.05, 3.63) is 72.0 Å². The van der Waals surface area contributed by atoms with Gasteiger partial charge in [0.1, 0.15) is 17.3 Å². The number of anilines is 1. The smallest absolute Gasteiger partial charge is 0.417 e. The summed E-state index contributed by atoms with van der Waals surface area (Å²) in [5, 5.41) is 2.75. The maximum absolute atomic E-state index is 13.1. The number of amides is 1. The fourth-order valence-corrected chi connectivity index (χ4v) is 2.74. The number of benzene rings is 2. The molecule has 0 aliphatic carbocycles. The molecule has 2 aromatic carbocycles. The lowest BCUT2D eigenvalue weighted by atomic mass is 10.1. The predicted octanol–water partition coefficient (Wildman–Crippen LogP) is 5.55. The standard InChI is InChI=1S/C21H18F3NO3/c1-27-15-8-6-14(7-9-15)25-20(26)13-11-16-10-12-19(28-16)17-4-2-3-5-18(17)21(22,23)24/h2-10,12H,11,13H2,1H3,(H,25,26). The van der Waals surface area contributed by atoms with Crippen LogP contribution in [0.4, 0.5) is 18.9 Å². The summed E-state index contributed by atoms with van der Waals surface area (Å²) in [7, 11) is 1.55. The molecule has 3 aromatic rings. The van der Waals surface area contributed by atoms with Crippen molar-refractivity contribution in [1.82, 2.24) is 0 Å². The summed E-state index contributed by atoms with van der Waals surface area (Å²) in [6.07, 6.45) is -4.06. The number of carbonyl (C=O) groups excluding carboxylic acids is 1. The van der Waals surface area contributed by atoms with E-state index in [-0.39, 0.29) is 30.1 Å². The fraction of sp³-hybridized carbons (Fsp3) is 0.190. The molecule has 0 aliphatic rings. The van der Waals surface area contributed by atoms with Crippen LogP contribution in [0.3, 0.4) is 0 Å². The molecule has 0 fully saturated rings. The molecule has 0 atom stereocenters. The fourth-order valence-electron chi connectivity index (χ4n) is 2.74. The number of furan rings is 1. The molecule has 0 unspecified atom stereocenters. The van der Waals surface area contributed by atoms with E-state index in [1.807, 2.05) is 0 Å². The van der Waals surface area contributed by atoms with Crippen LogP contribution in [0.25, 0.3) is 11.3 Å². The van der Waals surface area contributed by atoms with Gasteiger partial charge in [0.05, 0.1) is 12.7 Å². The number of ether oxygens (including phenoxy) is 1. The third-order valence-corrected chi connectivity index (χ3v) is 4.13. The molecule has 0 saturated carbocycles. The molecule has 1 heterocycles. The number of nitrogens with one attached hydrogen (secondary N) is 1. The molecule has 0 aliphatic heterocycles. The lowest BCUT2D eigenvalue weighted by Crippen LogP contribution is -2.12. The van der Waals surface area contributed by atoms with Crippen LogP contribution < -0.4 is 10.1 Å². The van der Waals surface area contributed by atoms with E-state index in [1.54, 1.807) is 37.4 Å². The number of aryl methyl sites for hydroxylation is 1. The lowest BCUT2D eigenvalue weighted by molar-refractivity contribution is -0.137. The molecular formula is C21H18F3NO3. The van der Waals surface area contributed by atoms with Crippen LogP contribution in [0.15, 0.2) is 65.1 Å². The highest BCUT2D eigenvalue weighted by atomic mass is 19.4. The van der Waals surface area contributed by atoms with Gasteiger partial charge in [0.15, 0.2) is 0 Å². The topological polar surface area (TPSA) is 51.5 Å². The minimum Gasteiger partial charge on any atom is -0.497 e. The summed E-state index contributed by atoms with van der Waals surface area (Å²) in [6, 6.07) is 15.2. The molecular weight excluding hydrogens is 371 g/mol. The average molecular weight is 389 g/mol. The van der Waals surface area contributed by atoms with E-state index in [1.165, 1.54) is 24.3 Å². The maximum atomic E-state index is 13.1. The maximum Gasteiger partial charge on any atom is 0.417 e. The zero-order valence-electron chi connectivity index (χ0n) is 15.0. The van der Waals surface area contributed by atoms with E-state index in [0.717, 1.165) is 6.07 Å². The van der Waals surface area contributed by atoms with Crippen LogP contribution in [0.5, 0.6) is 5.75 Å². The van der Waals surface area contributed by atoms with E-state index < -0.39 is 11.7 Å². The minimum atomic E-state index is -4.47. The van der Waals surface area contributed by atoms with Crippen LogP contribution in [0.2, 0.25) is 0 Å². The first-order chi connectivity index (χ1) is 13.4. The minimum absolute atomic E-state index is 0.0241. The van der Waals surface area contributed by atoms with Crippen molar-refractivity contribution in [2.75, 3.05) is 12.4 Å². The van der Waals surface area contributed by atoms with Crippen molar-refractivity contribution in [1.29, 1.82) is 0 Å². The highest BCUT2D eigenvalue weighted by Gasteiger charge is 2.34. The highest BCUT2D eigenvalue weighted by molar-refractivity contribution is 5.90. The largest absolute Gasteiger partial charge is 0.497 e. The first-order valence-corrected chi connectivity index (χ1v) is 8.56. The zero-order chi connectivity index (χ0) is 20.1. The number of halogens is 3. The summed E-state index contributed by atoms with van der Waals surface area (Å²) in [4.78, 5) is 12.1. The Morgan fingerprint density at radius 2 is 1.75 bits per heavy atom. The van der Waals surface area contributed by atoms with Gasteiger partial charge in [0.25, 0.3) is 0 Å². The molecule has 0 bridgehead atoms. The first-order valence-electron chi connectivity index (χ1n) is 8.56. The number of methoxy groups -OCH3 is 1. The molecule has 1 aromatic heterocycles. The van der Waals surface area contributed by atoms with Gasteiger partial charge in [-0.1, -0.05) is 18.2 Å². The van der Waals surface area contributed by atoms with Crippen molar-refractivity contribution >= 4 is 11.6 Å². The molecule has 4 nitrogen and oxygen atoms in total.